The maximum atomic E-state index is 13.3. The smallest absolute Gasteiger partial charge is 0.255 e. The number of benzene rings is 2. The molecule has 98 valence electrons. The molecule has 0 aliphatic heterocycles. The lowest BCUT2D eigenvalue weighted by molar-refractivity contribution is 0.102. The Kier molecular flexibility index (Phi) is 3.85. The number of carbonyl (C=O) groups is 1. The van der Waals surface area contributed by atoms with E-state index < -0.39 is 5.82 Å². The average molecular weight is 323 g/mol. The van der Waals surface area contributed by atoms with E-state index in [1.807, 2.05) is 6.92 Å². The van der Waals surface area contributed by atoms with Gasteiger partial charge in [0.15, 0.2) is 0 Å². The molecule has 0 unspecified atom stereocenters. The molecule has 0 radical (unpaired) electrons. The van der Waals surface area contributed by atoms with Crippen molar-refractivity contribution in [3.63, 3.8) is 0 Å². The standard InChI is InChI=1S/C14H12BrFN2O/c1-8-6-9(2-4-11(8)15)14(19)18-10-3-5-13(17)12(16)7-10/h2-7H,17H2,1H3,(H,18,19). The van der Waals surface area contributed by atoms with Crippen molar-refractivity contribution in [2.75, 3.05) is 11.1 Å². The molecule has 0 fully saturated rings. The lowest BCUT2D eigenvalue weighted by atomic mass is 10.1. The lowest BCUT2D eigenvalue weighted by Gasteiger charge is -2.07. The van der Waals surface area contributed by atoms with Crippen LogP contribution in [-0.4, -0.2) is 5.91 Å². The SMILES string of the molecule is Cc1cc(C(=O)Nc2ccc(N)c(F)c2)ccc1Br. The highest BCUT2D eigenvalue weighted by Gasteiger charge is 2.08. The Balaban J connectivity index is 2.20. The van der Waals surface area contributed by atoms with Crippen LogP contribution in [0.15, 0.2) is 40.9 Å². The number of nitrogens with two attached hydrogens (primary N) is 1. The van der Waals surface area contributed by atoms with E-state index in [-0.39, 0.29) is 11.6 Å². The van der Waals surface area contributed by atoms with E-state index in [1.165, 1.54) is 12.1 Å². The van der Waals surface area contributed by atoms with Crippen LogP contribution in [0.5, 0.6) is 0 Å². The van der Waals surface area contributed by atoms with E-state index in [4.69, 9.17) is 5.73 Å². The predicted octanol–water partition coefficient (Wildman–Crippen LogP) is 3.73. The molecular formula is C14H12BrFN2O. The van der Waals surface area contributed by atoms with Crippen molar-refractivity contribution in [3.8, 4) is 0 Å². The Morgan fingerprint density at radius 3 is 2.63 bits per heavy atom. The summed E-state index contributed by atoms with van der Waals surface area (Å²) in [5.41, 5.74) is 7.27. The van der Waals surface area contributed by atoms with Crippen LogP contribution in [0.1, 0.15) is 15.9 Å². The van der Waals surface area contributed by atoms with Crippen molar-refractivity contribution in [1.29, 1.82) is 0 Å². The van der Waals surface area contributed by atoms with Crippen molar-refractivity contribution in [2.24, 2.45) is 0 Å². The number of anilines is 2. The molecule has 3 nitrogen and oxygen atoms in total. The fraction of sp³-hybridized carbons (Fsp3) is 0.0714. The molecule has 0 saturated heterocycles. The third kappa shape index (κ3) is 3.12. The summed E-state index contributed by atoms with van der Waals surface area (Å²) < 4.78 is 14.2. The number of nitrogens with one attached hydrogen (secondary N) is 1. The Labute approximate surface area is 118 Å². The molecule has 0 aliphatic carbocycles. The quantitative estimate of drug-likeness (QED) is 0.828. The summed E-state index contributed by atoms with van der Waals surface area (Å²) in [5.74, 6) is -0.843. The van der Waals surface area contributed by atoms with E-state index in [0.29, 0.717) is 11.3 Å². The predicted molar refractivity (Wildman–Crippen MR) is 77.6 cm³/mol. The number of halogens is 2. The molecule has 0 bridgehead atoms. The van der Waals surface area contributed by atoms with Gasteiger partial charge in [0.05, 0.1) is 5.69 Å². The van der Waals surface area contributed by atoms with Gasteiger partial charge in [-0.3, -0.25) is 4.79 Å². The number of carbonyl (C=O) groups excluding carboxylic acids is 1. The highest BCUT2D eigenvalue weighted by atomic mass is 79.9. The molecule has 3 N–H and O–H groups in total. The first kappa shape index (κ1) is 13.5. The minimum Gasteiger partial charge on any atom is -0.396 e. The summed E-state index contributed by atoms with van der Waals surface area (Å²) in [6.07, 6.45) is 0. The van der Waals surface area contributed by atoms with Crippen molar-refractivity contribution in [2.45, 2.75) is 6.92 Å². The molecule has 2 aromatic carbocycles. The zero-order valence-electron chi connectivity index (χ0n) is 10.2. The van der Waals surface area contributed by atoms with E-state index in [9.17, 15) is 9.18 Å². The number of aryl methyl sites for hydroxylation is 1. The number of hydrogen-bond donors (Lipinski definition) is 2. The second-order valence-corrected chi connectivity index (χ2v) is 5.01. The van der Waals surface area contributed by atoms with Gasteiger partial charge < -0.3 is 11.1 Å². The molecule has 2 rings (SSSR count). The van der Waals surface area contributed by atoms with Gasteiger partial charge in [-0.1, -0.05) is 15.9 Å². The summed E-state index contributed by atoms with van der Waals surface area (Å²) in [7, 11) is 0. The van der Waals surface area contributed by atoms with Crippen LogP contribution in [0.4, 0.5) is 15.8 Å². The maximum Gasteiger partial charge on any atom is 0.255 e. The molecule has 0 atom stereocenters. The van der Waals surface area contributed by atoms with Gasteiger partial charge in [-0.15, -0.1) is 0 Å². The fourth-order valence-electron chi connectivity index (χ4n) is 1.59. The van der Waals surface area contributed by atoms with E-state index in [0.717, 1.165) is 10.0 Å². The molecule has 0 aliphatic rings. The van der Waals surface area contributed by atoms with Crippen LogP contribution in [0, 0.1) is 12.7 Å². The average Bonchev–Trinajstić information content (AvgIpc) is 2.37. The van der Waals surface area contributed by atoms with Gasteiger partial charge in [-0.2, -0.15) is 0 Å². The Hall–Kier alpha value is -1.88. The first-order chi connectivity index (χ1) is 8.97. The third-order valence-electron chi connectivity index (χ3n) is 2.68. The molecule has 5 heteroatoms. The number of nitrogen functional groups attached to an aromatic ring is 1. The van der Waals surface area contributed by atoms with Gasteiger partial charge in [0, 0.05) is 15.7 Å². The highest BCUT2D eigenvalue weighted by molar-refractivity contribution is 9.10. The largest absolute Gasteiger partial charge is 0.396 e. The van der Waals surface area contributed by atoms with Crippen molar-refractivity contribution in [3.05, 3.63) is 57.8 Å². The van der Waals surface area contributed by atoms with Gasteiger partial charge >= 0.3 is 0 Å². The van der Waals surface area contributed by atoms with Crippen molar-refractivity contribution in [1.82, 2.24) is 0 Å². The molecule has 0 spiro atoms. The molecule has 0 saturated carbocycles. The Bertz CT molecular complexity index is 643. The minimum absolute atomic E-state index is 0.0532. The third-order valence-corrected chi connectivity index (χ3v) is 3.57. The molecule has 1 amide bonds. The number of rotatable bonds is 2. The van der Waals surface area contributed by atoms with Crippen LogP contribution in [-0.2, 0) is 0 Å². The summed E-state index contributed by atoms with van der Waals surface area (Å²) in [6.45, 7) is 1.89. The van der Waals surface area contributed by atoms with Crippen LogP contribution in [0.2, 0.25) is 0 Å². The van der Waals surface area contributed by atoms with Gasteiger partial charge in [-0.05, 0) is 48.9 Å². The van der Waals surface area contributed by atoms with E-state index in [2.05, 4.69) is 21.2 Å². The summed E-state index contributed by atoms with van der Waals surface area (Å²) in [6, 6.07) is 9.42. The van der Waals surface area contributed by atoms with Crippen LogP contribution in [0.3, 0.4) is 0 Å². The van der Waals surface area contributed by atoms with Gasteiger partial charge in [0.25, 0.3) is 5.91 Å². The molecule has 2 aromatic rings. The second-order valence-electron chi connectivity index (χ2n) is 4.15. The zero-order valence-corrected chi connectivity index (χ0v) is 11.8. The van der Waals surface area contributed by atoms with Gasteiger partial charge in [0.1, 0.15) is 5.82 Å². The highest BCUT2D eigenvalue weighted by Crippen LogP contribution is 2.19. The summed E-state index contributed by atoms with van der Waals surface area (Å²) in [4.78, 5) is 12.0. The van der Waals surface area contributed by atoms with Crippen molar-refractivity contribution >= 4 is 33.2 Å². The molecule has 19 heavy (non-hydrogen) atoms. The topological polar surface area (TPSA) is 55.1 Å². The lowest BCUT2D eigenvalue weighted by Crippen LogP contribution is -2.12. The molecule has 0 heterocycles. The summed E-state index contributed by atoms with van der Waals surface area (Å²) in [5, 5.41) is 2.62. The van der Waals surface area contributed by atoms with Crippen LogP contribution >= 0.6 is 15.9 Å². The molecular weight excluding hydrogens is 311 g/mol. The normalized spacial score (nSPS) is 10.3. The fourth-order valence-corrected chi connectivity index (χ4v) is 1.84. The van der Waals surface area contributed by atoms with Crippen LogP contribution < -0.4 is 11.1 Å². The number of amides is 1. The second kappa shape index (κ2) is 5.40. The van der Waals surface area contributed by atoms with Gasteiger partial charge in [-0.25, -0.2) is 4.39 Å². The van der Waals surface area contributed by atoms with E-state index in [1.54, 1.807) is 24.3 Å². The van der Waals surface area contributed by atoms with Gasteiger partial charge in [0.2, 0.25) is 0 Å². The Morgan fingerprint density at radius 1 is 1.26 bits per heavy atom. The minimum atomic E-state index is -0.551. The first-order valence-electron chi connectivity index (χ1n) is 5.60. The molecule has 0 aromatic heterocycles. The zero-order chi connectivity index (χ0) is 14.0. The maximum absolute atomic E-state index is 13.3. The van der Waals surface area contributed by atoms with Crippen molar-refractivity contribution < 1.29 is 9.18 Å². The number of hydrogen-bond acceptors (Lipinski definition) is 2. The van der Waals surface area contributed by atoms with E-state index >= 15 is 0 Å². The summed E-state index contributed by atoms with van der Waals surface area (Å²) >= 11 is 3.37. The monoisotopic (exact) mass is 322 g/mol. The first-order valence-corrected chi connectivity index (χ1v) is 6.39. The Morgan fingerprint density at radius 2 is 2.00 bits per heavy atom. The van der Waals surface area contributed by atoms with Crippen LogP contribution in [0.25, 0.3) is 0 Å².